The summed E-state index contributed by atoms with van der Waals surface area (Å²) in [6.45, 7) is 5.48. The first-order chi connectivity index (χ1) is 12.2. The summed E-state index contributed by atoms with van der Waals surface area (Å²) >= 11 is 6.00. The van der Waals surface area contributed by atoms with Crippen LogP contribution in [0, 0.1) is 26.6 Å². The van der Waals surface area contributed by atoms with Crippen molar-refractivity contribution in [2.45, 2.75) is 25.7 Å². The SMILES string of the molecule is Cc1nn(-c2cc(OS(=O)(=O)c3ccccc3)c(Cl)cc2F)c(C)c1C. The Morgan fingerprint density at radius 1 is 1.12 bits per heavy atom. The van der Waals surface area contributed by atoms with Crippen LogP contribution in [0.5, 0.6) is 5.75 Å². The second-order valence-electron chi connectivity index (χ2n) is 5.79. The Kier molecular flexibility index (Phi) is 4.77. The largest absolute Gasteiger partial charge is 0.377 e. The molecule has 0 spiro atoms. The second-order valence-corrected chi connectivity index (χ2v) is 7.75. The van der Waals surface area contributed by atoms with Gasteiger partial charge in [-0.05, 0) is 44.5 Å². The van der Waals surface area contributed by atoms with Crippen molar-refractivity contribution >= 4 is 21.7 Å². The number of benzene rings is 2. The van der Waals surface area contributed by atoms with Crippen LogP contribution < -0.4 is 4.18 Å². The fourth-order valence-corrected chi connectivity index (χ4v) is 3.65. The van der Waals surface area contributed by atoms with Gasteiger partial charge in [0, 0.05) is 11.8 Å². The first-order valence-electron chi connectivity index (χ1n) is 7.72. The predicted octanol–water partition coefficient (Wildman–Crippen LogP) is 4.36. The number of aromatic nitrogens is 2. The molecule has 0 N–H and O–H groups in total. The zero-order valence-electron chi connectivity index (χ0n) is 14.3. The van der Waals surface area contributed by atoms with Gasteiger partial charge in [0.2, 0.25) is 0 Å². The van der Waals surface area contributed by atoms with E-state index in [0.29, 0.717) is 0 Å². The molecular weight excluding hydrogens is 379 g/mol. The number of rotatable bonds is 4. The van der Waals surface area contributed by atoms with E-state index in [-0.39, 0.29) is 21.4 Å². The van der Waals surface area contributed by atoms with Crippen molar-refractivity contribution < 1.29 is 17.0 Å². The Bertz CT molecular complexity index is 1080. The lowest BCUT2D eigenvalue weighted by atomic mass is 10.2. The second kappa shape index (κ2) is 6.74. The average molecular weight is 395 g/mol. The third-order valence-corrected chi connectivity index (χ3v) is 5.66. The maximum Gasteiger partial charge on any atom is 0.339 e. The van der Waals surface area contributed by atoms with E-state index in [2.05, 4.69) is 5.10 Å². The maximum atomic E-state index is 14.4. The first-order valence-corrected chi connectivity index (χ1v) is 9.51. The van der Waals surface area contributed by atoms with Crippen LogP contribution in [0.15, 0.2) is 47.4 Å². The molecule has 0 amide bonds. The van der Waals surface area contributed by atoms with E-state index in [1.807, 2.05) is 13.8 Å². The van der Waals surface area contributed by atoms with Crippen molar-refractivity contribution in [3.05, 3.63) is 70.3 Å². The molecule has 0 saturated heterocycles. The van der Waals surface area contributed by atoms with Crippen molar-refractivity contribution in [1.82, 2.24) is 9.78 Å². The minimum atomic E-state index is -4.10. The van der Waals surface area contributed by atoms with Gasteiger partial charge in [0.1, 0.15) is 10.6 Å². The normalized spacial score (nSPS) is 11.6. The molecule has 3 aromatic rings. The molecule has 0 unspecified atom stereocenters. The van der Waals surface area contributed by atoms with Gasteiger partial charge >= 0.3 is 10.1 Å². The first kappa shape index (κ1) is 18.4. The van der Waals surface area contributed by atoms with Gasteiger partial charge in [-0.25, -0.2) is 9.07 Å². The van der Waals surface area contributed by atoms with Crippen LogP contribution in [-0.4, -0.2) is 18.2 Å². The molecule has 8 heteroatoms. The molecule has 136 valence electrons. The number of halogens is 2. The van der Waals surface area contributed by atoms with Crippen LogP contribution in [0.2, 0.25) is 5.02 Å². The molecule has 0 aliphatic rings. The monoisotopic (exact) mass is 394 g/mol. The molecule has 0 fully saturated rings. The lowest BCUT2D eigenvalue weighted by molar-refractivity contribution is 0.484. The Balaban J connectivity index is 2.08. The van der Waals surface area contributed by atoms with Gasteiger partial charge in [-0.3, -0.25) is 0 Å². The molecule has 0 radical (unpaired) electrons. The molecule has 3 rings (SSSR count). The Labute approximate surface area is 156 Å². The van der Waals surface area contributed by atoms with Gasteiger partial charge in [0.25, 0.3) is 0 Å². The van der Waals surface area contributed by atoms with Crippen molar-refractivity contribution in [3.63, 3.8) is 0 Å². The van der Waals surface area contributed by atoms with E-state index in [0.717, 1.165) is 23.0 Å². The molecular formula is C18H16ClFN2O3S. The Morgan fingerprint density at radius 3 is 2.35 bits per heavy atom. The third-order valence-electron chi connectivity index (χ3n) is 4.11. The zero-order valence-corrected chi connectivity index (χ0v) is 15.9. The van der Waals surface area contributed by atoms with Crippen LogP contribution in [0.25, 0.3) is 5.69 Å². The van der Waals surface area contributed by atoms with E-state index in [1.165, 1.54) is 22.9 Å². The Hall–Kier alpha value is -2.38. The van der Waals surface area contributed by atoms with E-state index in [1.54, 1.807) is 25.1 Å². The summed E-state index contributed by atoms with van der Waals surface area (Å²) < 4.78 is 45.8. The van der Waals surface area contributed by atoms with E-state index in [9.17, 15) is 12.8 Å². The molecule has 5 nitrogen and oxygen atoms in total. The summed E-state index contributed by atoms with van der Waals surface area (Å²) in [7, 11) is -4.10. The summed E-state index contributed by atoms with van der Waals surface area (Å²) in [5.41, 5.74) is 2.46. The maximum absolute atomic E-state index is 14.4. The van der Waals surface area contributed by atoms with Gasteiger partial charge in [0.05, 0.1) is 10.7 Å². The number of hydrogen-bond donors (Lipinski definition) is 0. The van der Waals surface area contributed by atoms with Crippen molar-refractivity contribution in [2.24, 2.45) is 0 Å². The lowest BCUT2D eigenvalue weighted by Gasteiger charge is -2.12. The highest BCUT2D eigenvalue weighted by molar-refractivity contribution is 7.87. The molecule has 26 heavy (non-hydrogen) atoms. The van der Waals surface area contributed by atoms with Crippen LogP contribution in [0.3, 0.4) is 0 Å². The highest BCUT2D eigenvalue weighted by Gasteiger charge is 2.21. The number of hydrogen-bond acceptors (Lipinski definition) is 4. The molecule has 1 heterocycles. The minimum absolute atomic E-state index is 0.0242. The molecule has 2 aromatic carbocycles. The standard InChI is InChI=1S/C18H16ClFN2O3S/c1-11-12(2)21-22(13(11)3)17-10-18(15(19)9-16(17)20)25-26(23,24)14-7-5-4-6-8-14/h4-10H,1-3H3. The summed E-state index contributed by atoms with van der Waals surface area (Å²) in [6.07, 6.45) is 0. The van der Waals surface area contributed by atoms with Gasteiger partial charge in [-0.15, -0.1) is 0 Å². The highest BCUT2D eigenvalue weighted by atomic mass is 35.5. The fourth-order valence-electron chi connectivity index (χ4n) is 2.45. The van der Waals surface area contributed by atoms with E-state index >= 15 is 0 Å². The quantitative estimate of drug-likeness (QED) is 0.617. The van der Waals surface area contributed by atoms with Gasteiger partial charge in [-0.1, -0.05) is 29.8 Å². The molecule has 0 aliphatic carbocycles. The van der Waals surface area contributed by atoms with Crippen molar-refractivity contribution in [2.75, 3.05) is 0 Å². The van der Waals surface area contributed by atoms with Gasteiger partial charge in [0.15, 0.2) is 11.6 Å². The summed E-state index contributed by atoms with van der Waals surface area (Å²) in [6, 6.07) is 9.89. The molecule has 0 aliphatic heterocycles. The topological polar surface area (TPSA) is 61.2 Å². The van der Waals surface area contributed by atoms with Gasteiger partial charge < -0.3 is 4.18 Å². The van der Waals surface area contributed by atoms with E-state index < -0.39 is 15.9 Å². The van der Waals surface area contributed by atoms with Crippen LogP contribution in [0.4, 0.5) is 4.39 Å². The average Bonchev–Trinajstić information content (AvgIpc) is 2.85. The molecule has 0 atom stereocenters. The summed E-state index contributed by atoms with van der Waals surface area (Å²) in [5, 5.41) is 4.15. The van der Waals surface area contributed by atoms with E-state index in [4.69, 9.17) is 15.8 Å². The number of nitrogens with zero attached hydrogens (tertiary/aromatic N) is 2. The molecule has 1 aromatic heterocycles. The molecule has 0 saturated carbocycles. The van der Waals surface area contributed by atoms with Crippen LogP contribution in [0.1, 0.15) is 17.0 Å². The van der Waals surface area contributed by atoms with Crippen molar-refractivity contribution in [3.8, 4) is 11.4 Å². The fraction of sp³-hybridized carbons (Fsp3) is 0.167. The summed E-state index contributed by atoms with van der Waals surface area (Å²) in [5.74, 6) is -0.804. The number of aryl methyl sites for hydroxylation is 1. The predicted molar refractivity (Wildman–Crippen MR) is 97.0 cm³/mol. The molecule has 0 bridgehead atoms. The smallest absolute Gasteiger partial charge is 0.339 e. The van der Waals surface area contributed by atoms with Crippen molar-refractivity contribution in [1.29, 1.82) is 0 Å². The van der Waals surface area contributed by atoms with Crippen LogP contribution in [-0.2, 0) is 10.1 Å². The third kappa shape index (κ3) is 3.32. The van der Waals surface area contributed by atoms with Gasteiger partial charge in [-0.2, -0.15) is 13.5 Å². The summed E-state index contributed by atoms with van der Waals surface area (Å²) in [4.78, 5) is -0.0242. The lowest BCUT2D eigenvalue weighted by Crippen LogP contribution is -2.11. The highest BCUT2D eigenvalue weighted by Crippen LogP contribution is 2.32. The minimum Gasteiger partial charge on any atom is -0.377 e. The Morgan fingerprint density at radius 2 is 1.77 bits per heavy atom. The van der Waals surface area contributed by atoms with Crippen LogP contribution >= 0.6 is 11.6 Å². The zero-order chi connectivity index (χ0) is 19.1.